The Morgan fingerprint density at radius 1 is 1.05 bits per heavy atom. The summed E-state index contributed by atoms with van der Waals surface area (Å²) in [5.74, 6) is -5.94. The number of alkyl halides is 3. The molecule has 0 saturated heterocycles. The number of fused-ring (bicyclic) bond motifs is 1. The highest BCUT2D eigenvalue weighted by Crippen LogP contribution is 2.26. The maximum Gasteiger partial charge on any atom is 0.471 e. The van der Waals surface area contributed by atoms with E-state index in [4.69, 9.17) is 5.73 Å². The van der Waals surface area contributed by atoms with Crippen molar-refractivity contribution in [3.05, 3.63) is 59.7 Å². The van der Waals surface area contributed by atoms with E-state index >= 15 is 0 Å². The highest BCUT2D eigenvalue weighted by molar-refractivity contribution is 6.34. The number of aliphatic imine (C=N–C) groups is 3. The maximum absolute atomic E-state index is 13.5. The second kappa shape index (κ2) is 11.6. The van der Waals surface area contributed by atoms with E-state index in [2.05, 4.69) is 20.3 Å². The second-order valence-corrected chi connectivity index (χ2v) is 9.23. The number of carboxylic acids is 1. The fourth-order valence-corrected chi connectivity index (χ4v) is 4.20. The Labute approximate surface area is 230 Å². The maximum atomic E-state index is 13.5. The molecule has 2 aliphatic rings. The van der Waals surface area contributed by atoms with Gasteiger partial charge in [0.1, 0.15) is 5.75 Å². The van der Waals surface area contributed by atoms with Crippen molar-refractivity contribution in [3.8, 4) is 5.75 Å². The Hall–Kier alpha value is -5.08. The van der Waals surface area contributed by atoms with E-state index in [-0.39, 0.29) is 35.1 Å². The quantitative estimate of drug-likeness (QED) is 0.328. The zero-order valence-electron chi connectivity index (χ0n) is 21.1. The first-order valence-corrected chi connectivity index (χ1v) is 12.1. The average molecular weight is 573 g/mol. The third-order valence-electron chi connectivity index (χ3n) is 6.26. The number of aromatic hydroxyl groups is 1. The van der Waals surface area contributed by atoms with Crippen LogP contribution in [-0.2, 0) is 20.8 Å². The monoisotopic (exact) mass is 572 g/mol. The zero-order valence-corrected chi connectivity index (χ0v) is 21.1. The van der Waals surface area contributed by atoms with Gasteiger partial charge in [-0.05, 0) is 48.4 Å². The zero-order chi connectivity index (χ0) is 29.9. The molecule has 3 unspecified atom stereocenters. The normalized spacial score (nSPS) is 18.9. The summed E-state index contributed by atoms with van der Waals surface area (Å²) in [5.41, 5.74) is 5.76. The molecule has 12 nitrogen and oxygen atoms in total. The Kier molecular flexibility index (Phi) is 8.16. The minimum atomic E-state index is -5.26. The molecule has 214 valence electrons. The Balaban J connectivity index is 1.52. The Bertz CT molecular complexity index is 1450. The van der Waals surface area contributed by atoms with Crippen LogP contribution in [0.3, 0.4) is 0 Å². The summed E-state index contributed by atoms with van der Waals surface area (Å²) in [6.45, 7) is -0.696. The van der Waals surface area contributed by atoms with Crippen molar-refractivity contribution in [3.63, 3.8) is 0 Å². The van der Waals surface area contributed by atoms with Gasteiger partial charge in [0.05, 0.1) is 18.2 Å². The van der Waals surface area contributed by atoms with Gasteiger partial charge in [-0.3, -0.25) is 39.4 Å². The van der Waals surface area contributed by atoms with Gasteiger partial charge in [0.15, 0.2) is 24.0 Å². The number of nitrogens with two attached hydrogens (primary N) is 1. The number of carboxylic acid groups (broad SMARTS) is 1. The lowest BCUT2D eigenvalue weighted by molar-refractivity contribution is -0.170. The minimum Gasteiger partial charge on any atom is -0.508 e. The van der Waals surface area contributed by atoms with Gasteiger partial charge >= 0.3 is 18.1 Å². The molecule has 2 aromatic carbocycles. The number of phenolic OH excluding ortho intramolecular Hbond substituents is 1. The van der Waals surface area contributed by atoms with E-state index < -0.39 is 60.8 Å². The van der Waals surface area contributed by atoms with Crippen LogP contribution in [0.5, 0.6) is 5.75 Å². The van der Waals surface area contributed by atoms with Crippen LogP contribution in [0.1, 0.15) is 22.3 Å². The Morgan fingerprint density at radius 3 is 2.32 bits per heavy atom. The fraction of sp³-hybridized carbons (Fsp3) is 0.269. The molecule has 0 radical (unpaired) electrons. The van der Waals surface area contributed by atoms with Gasteiger partial charge in [-0.25, -0.2) is 4.99 Å². The molecule has 5 N–H and O–H groups in total. The molecule has 2 aromatic rings. The number of aliphatic carboxylic acids is 1. The van der Waals surface area contributed by atoms with Crippen LogP contribution in [0.2, 0.25) is 0 Å². The molecule has 0 bridgehead atoms. The van der Waals surface area contributed by atoms with E-state index in [0.717, 1.165) is 18.3 Å². The number of carbonyl (C=O) groups excluding carboxylic acids is 3. The average Bonchev–Trinajstić information content (AvgIpc) is 2.92. The number of rotatable bonds is 9. The molecular weight excluding hydrogens is 549 g/mol. The van der Waals surface area contributed by atoms with Crippen molar-refractivity contribution in [2.75, 3.05) is 11.4 Å². The number of Topliss-reactive ketones (excluding diaryl/α,β-unsaturated/α-hetero) is 1. The SMILES string of the molecule is NC1=NC2N=CC(CN(C(=O)C(F)(F)F)c3ccc(C(=O)CC(Cc4ccc(O)cc4)C(=O)O)cc3)=NC2C(=O)N1. The number of anilines is 1. The summed E-state index contributed by atoms with van der Waals surface area (Å²) in [4.78, 5) is 61.4. The number of guanidine groups is 1. The number of ketones is 1. The van der Waals surface area contributed by atoms with Crippen molar-refractivity contribution in [1.29, 1.82) is 0 Å². The number of hydrogen-bond donors (Lipinski definition) is 4. The van der Waals surface area contributed by atoms with Crippen LogP contribution in [-0.4, -0.2) is 76.6 Å². The second-order valence-electron chi connectivity index (χ2n) is 9.23. The van der Waals surface area contributed by atoms with Crippen LogP contribution >= 0.6 is 0 Å². The van der Waals surface area contributed by atoms with Crippen molar-refractivity contribution in [2.24, 2.45) is 26.6 Å². The van der Waals surface area contributed by atoms with E-state index in [0.29, 0.717) is 10.5 Å². The summed E-state index contributed by atoms with van der Waals surface area (Å²) in [7, 11) is 0. The molecule has 2 aliphatic heterocycles. The van der Waals surface area contributed by atoms with Gasteiger partial charge in [0.2, 0.25) is 0 Å². The number of phenols is 1. The Morgan fingerprint density at radius 2 is 1.71 bits per heavy atom. The number of hydrogen-bond acceptors (Lipinski definition) is 9. The lowest BCUT2D eigenvalue weighted by atomic mass is 9.92. The predicted molar refractivity (Wildman–Crippen MR) is 140 cm³/mol. The summed E-state index contributed by atoms with van der Waals surface area (Å²) >= 11 is 0. The van der Waals surface area contributed by atoms with Crippen LogP contribution < -0.4 is 16.0 Å². The van der Waals surface area contributed by atoms with Crippen LogP contribution in [0.4, 0.5) is 18.9 Å². The smallest absolute Gasteiger partial charge is 0.471 e. The molecule has 0 spiro atoms. The molecule has 4 rings (SSSR count). The first kappa shape index (κ1) is 28.9. The van der Waals surface area contributed by atoms with Gasteiger partial charge in [0.25, 0.3) is 5.91 Å². The standard InChI is InChI=1S/C26H23F3N6O6/c27-26(28,29)24(41)35(12-16-11-31-21-20(32-16)22(38)34-25(30)33-21)17-5-3-14(4-6-17)19(37)10-15(23(39)40)9-13-1-7-18(36)8-2-13/h1-8,11,15,20-21,36H,9-10,12H2,(H,39,40)(H3,30,33,34,38). The first-order chi connectivity index (χ1) is 19.3. The summed E-state index contributed by atoms with van der Waals surface area (Å²) in [6, 6.07) is 9.28. The van der Waals surface area contributed by atoms with Crippen molar-refractivity contribution >= 4 is 47.1 Å². The number of nitrogens with zero attached hydrogens (tertiary/aromatic N) is 4. The molecule has 3 atom stereocenters. The summed E-state index contributed by atoms with van der Waals surface area (Å²) in [6.07, 6.45) is -5.52. The number of carbonyl (C=O) groups is 4. The molecule has 0 aliphatic carbocycles. The van der Waals surface area contributed by atoms with Crippen molar-refractivity contribution < 1.29 is 42.6 Å². The molecule has 15 heteroatoms. The highest BCUT2D eigenvalue weighted by Gasteiger charge is 2.44. The fourth-order valence-electron chi connectivity index (χ4n) is 4.20. The topological polar surface area (TPSA) is 187 Å². The number of halogens is 3. The van der Waals surface area contributed by atoms with E-state index in [1.165, 1.54) is 36.4 Å². The first-order valence-electron chi connectivity index (χ1n) is 12.1. The number of nitrogens with one attached hydrogen (secondary N) is 1. The van der Waals surface area contributed by atoms with E-state index in [1.807, 2.05) is 0 Å². The largest absolute Gasteiger partial charge is 0.508 e. The number of benzene rings is 2. The molecule has 2 amide bonds. The molecule has 0 saturated carbocycles. The van der Waals surface area contributed by atoms with Crippen LogP contribution in [0, 0.1) is 5.92 Å². The lowest BCUT2D eigenvalue weighted by Gasteiger charge is -2.28. The predicted octanol–water partition coefficient (Wildman–Crippen LogP) is 1.47. The molecule has 0 aromatic heterocycles. The number of amides is 2. The van der Waals surface area contributed by atoms with E-state index in [1.54, 1.807) is 0 Å². The van der Waals surface area contributed by atoms with Crippen molar-refractivity contribution in [1.82, 2.24) is 5.32 Å². The molecule has 2 heterocycles. The van der Waals surface area contributed by atoms with Crippen LogP contribution in [0.25, 0.3) is 0 Å². The lowest BCUT2D eigenvalue weighted by Crippen LogP contribution is -2.53. The highest BCUT2D eigenvalue weighted by atomic mass is 19.4. The van der Waals surface area contributed by atoms with Gasteiger partial charge < -0.3 is 15.9 Å². The third-order valence-corrected chi connectivity index (χ3v) is 6.26. The van der Waals surface area contributed by atoms with Crippen LogP contribution in [0.15, 0.2) is 63.5 Å². The third kappa shape index (κ3) is 6.93. The van der Waals surface area contributed by atoms with Gasteiger partial charge in [-0.1, -0.05) is 12.1 Å². The van der Waals surface area contributed by atoms with Gasteiger partial charge in [-0.15, -0.1) is 0 Å². The van der Waals surface area contributed by atoms with Gasteiger partial charge in [-0.2, -0.15) is 13.2 Å². The van der Waals surface area contributed by atoms with E-state index in [9.17, 15) is 42.6 Å². The molecule has 0 fully saturated rings. The minimum absolute atomic E-state index is 0.000657. The van der Waals surface area contributed by atoms with Crippen molar-refractivity contribution in [2.45, 2.75) is 31.2 Å². The molecular formula is C26H23F3N6O6. The van der Waals surface area contributed by atoms with Gasteiger partial charge in [0, 0.05) is 23.9 Å². The summed E-state index contributed by atoms with van der Waals surface area (Å²) in [5, 5.41) is 21.2. The molecule has 41 heavy (non-hydrogen) atoms. The summed E-state index contributed by atoms with van der Waals surface area (Å²) < 4.78 is 40.4.